The average Bonchev–Trinajstić information content (AvgIpc) is 4.08. The maximum atomic E-state index is 13.4. The molecule has 4 heterocycles. The van der Waals surface area contributed by atoms with Crippen LogP contribution in [0.3, 0.4) is 0 Å². The summed E-state index contributed by atoms with van der Waals surface area (Å²) in [5, 5.41) is 6.87. The fourth-order valence-electron chi connectivity index (χ4n) is 8.38. The summed E-state index contributed by atoms with van der Waals surface area (Å²) in [6.07, 6.45) is 4.62. The first-order valence-corrected chi connectivity index (χ1v) is 19.1. The molecule has 2 aromatic heterocycles. The highest BCUT2D eigenvalue weighted by Crippen LogP contribution is 2.37. The number of H-pyrrole nitrogens is 2. The smallest absolute Gasteiger partial charge is 0.407 e. The van der Waals surface area contributed by atoms with Crippen LogP contribution < -0.4 is 11.1 Å². The van der Waals surface area contributed by atoms with Gasteiger partial charge in [-0.1, -0.05) is 72.8 Å². The third-order valence-corrected chi connectivity index (χ3v) is 11.3. The molecule has 2 fully saturated rings. The second-order valence-corrected chi connectivity index (χ2v) is 14.6. The Morgan fingerprint density at radius 2 is 1.46 bits per heavy atom. The number of imidazole rings is 2. The van der Waals surface area contributed by atoms with E-state index in [1.54, 1.807) is 4.90 Å². The topological polar surface area (TPSA) is 162 Å². The van der Waals surface area contributed by atoms with Crippen molar-refractivity contribution in [2.75, 3.05) is 26.7 Å². The van der Waals surface area contributed by atoms with E-state index in [4.69, 9.17) is 15.7 Å². The molecule has 12 nitrogen and oxygen atoms in total. The summed E-state index contributed by atoms with van der Waals surface area (Å²) in [5.41, 5.74) is 13.1. The van der Waals surface area contributed by atoms with Gasteiger partial charge in [-0.05, 0) is 82.8 Å². The van der Waals surface area contributed by atoms with Crippen LogP contribution >= 0.6 is 0 Å². The van der Waals surface area contributed by atoms with Gasteiger partial charge in [0, 0.05) is 24.0 Å². The SMILES string of the molecule is COC(=O)NCC(=O)N1CCC[C@H]1c1nc2ccc3cc(-c4ccc5cc(-c6cnc([C@@H]7CCCN7C(=O)[C@H](N)c7ccccc7)[nH]6)ccc5c4)ccc3c2[nH]1. The lowest BCUT2D eigenvalue weighted by molar-refractivity contribution is -0.134. The number of alkyl carbamates (subject to hydrolysis) is 1. The number of amides is 3. The molecule has 0 spiro atoms. The molecule has 12 heteroatoms. The number of nitrogens with one attached hydrogen (secondary N) is 3. The zero-order chi connectivity index (χ0) is 38.3. The minimum atomic E-state index is -0.704. The van der Waals surface area contributed by atoms with Crippen molar-refractivity contribution in [2.45, 2.75) is 43.8 Å². The van der Waals surface area contributed by atoms with Crippen LogP contribution in [0.25, 0.3) is 55.0 Å². The van der Waals surface area contributed by atoms with Crippen molar-refractivity contribution in [1.82, 2.24) is 35.1 Å². The summed E-state index contributed by atoms with van der Waals surface area (Å²) >= 11 is 0. The van der Waals surface area contributed by atoms with Crippen LogP contribution in [0.4, 0.5) is 4.79 Å². The van der Waals surface area contributed by atoms with Gasteiger partial charge < -0.3 is 35.6 Å². The Hall–Kier alpha value is -6.53. The fraction of sp³-hybridized carbons (Fsp3) is 0.250. The Morgan fingerprint density at radius 3 is 2.23 bits per heavy atom. The van der Waals surface area contributed by atoms with Gasteiger partial charge in [-0.15, -0.1) is 0 Å². The van der Waals surface area contributed by atoms with Crippen molar-refractivity contribution in [3.8, 4) is 22.4 Å². The molecular weight excluding hydrogens is 705 g/mol. The van der Waals surface area contributed by atoms with E-state index in [1.807, 2.05) is 47.5 Å². The molecule has 3 atom stereocenters. The lowest BCUT2D eigenvalue weighted by atomic mass is 9.97. The Bertz CT molecular complexity index is 2620. The highest BCUT2D eigenvalue weighted by atomic mass is 16.5. The third-order valence-electron chi connectivity index (χ3n) is 11.3. The van der Waals surface area contributed by atoms with Gasteiger partial charge in [-0.25, -0.2) is 14.8 Å². The predicted octanol–water partition coefficient (Wildman–Crippen LogP) is 7.31. The van der Waals surface area contributed by atoms with Crippen LogP contribution in [-0.4, -0.2) is 74.4 Å². The number of fused-ring (bicyclic) bond motifs is 4. The van der Waals surface area contributed by atoms with Gasteiger partial charge in [0.25, 0.3) is 0 Å². The largest absolute Gasteiger partial charge is 0.453 e. The molecule has 3 amide bonds. The normalized spacial score (nSPS) is 17.5. The molecule has 0 unspecified atom stereocenters. The van der Waals surface area contributed by atoms with Crippen LogP contribution in [0.2, 0.25) is 0 Å². The number of benzene rings is 5. The summed E-state index contributed by atoms with van der Waals surface area (Å²) in [6.45, 7) is 1.15. The maximum absolute atomic E-state index is 13.4. The number of hydrogen-bond donors (Lipinski definition) is 4. The van der Waals surface area contributed by atoms with Crippen LogP contribution in [-0.2, 0) is 14.3 Å². The summed E-state index contributed by atoms with van der Waals surface area (Å²) in [5.74, 6) is 1.28. The van der Waals surface area contributed by atoms with Crippen molar-refractivity contribution in [3.63, 3.8) is 0 Å². The molecule has 282 valence electrons. The minimum Gasteiger partial charge on any atom is -0.453 e. The Morgan fingerprint density at radius 1 is 0.804 bits per heavy atom. The molecule has 5 aromatic carbocycles. The molecule has 7 aromatic rings. The van der Waals surface area contributed by atoms with Gasteiger partial charge in [0.2, 0.25) is 11.8 Å². The van der Waals surface area contributed by atoms with Crippen molar-refractivity contribution in [1.29, 1.82) is 0 Å². The molecule has 0 saturated carbocycles. The first-order chi connectivity index (χ1) is 27.3. The van der Waals surface area contributed by atoms with Gasteiger partial charge in [0.15, 0.2) is 0 Å². The molecule has 2 aliphatic heterocycles. The minimum absolute atomic E-state index is 0.0812. The maximum Gasteiger partial charge on any atom is 0.407 e. The monoisotopic (exact) mass is 746 g/mol. The number of hydrogen-bond acceptors (Lipinski definition) is 7. The zero-order valence-corrected chi connectivity index (χ0v) is 31.0. The van der Waals surface area contributed by atoms with Gasteiger partial charge in [0.05, 0.1) is 42.1 Å². The van der Waals surface area contributed by atoms with E-state index in [0.29, 0.717) is 13.1 Å². The molecule has 0 radical (unpaired) electrons. The molecule has 0 aliphatic carbocycles. The second kappa shape index (κ2) is 14.6. The number of methoxy groups -OCH3 is 1. The Balaban J connectivity index is 0.923. The predicted molar refractivity (Wildman–Crippen MR) is 215 cm³/mol. The average molecular weight is 747 g/mol. The van der Waals surface area contributed by atoms with Crippen LogP contribution in [0.5, 0.6) is 0 Å². The number of rotatable bonds is 8. The molecule has 2 aliphatic rings. The van der Waals surface area contributed by atoms with Gasteiger partial charge in [-0.3, -0.25) is 9.59 Å². The number of nitrogens with zero attached hydrogens (tertiary/aromatic N) is 4. The van der Waals surface area contributed by atoms with Gasteiger partial charge >= 0.3 is 6.09 Å². The number of carbonyl (C=O) groups is 3. The van der Waals surface area contributed by atoms with Gasteiger partial charge in [-0.2, -0.15) is 0 Å². The third kappa shape index (κ3) is 6.51. The first kappa shape index (κ1) is 35.2. The number of likely N-dealkylation sites (tertiary alicyclic amines) is 2. The summed E-state index contributed by atoms with van der Waals surface area (Å²) in [6, 6.07) is 32.0. The van der Waals surface area contributed by atoms with Crippen LogP contribution in [0.15, 0.2) is 103 Å². The van der Waals surface area contributed by atoms with E-state index in [-0.39, 0.29) is 30.4 Å². The van der Waals surface area contributed by atoms with Crippen molar-refractivity contribution >= 4 is 50.5 Å². The van der Waals surface area contributed by atoms with E-state index in [9.17, 15) is 14.4 Å². The van der Waals surface area contributed by atoms with Gasteiger partial charge in [0.1, 0.15) is 24.2 Å². The highest BCUT2D eigenvalue weighted by molar-refractivity contribution is 6.05. The lowest BCUT2D eigenvalue weighted by Gasteiger charge is -2.26. The molecule has 2 saturated heterocycles. The van der Waals surface area contributed by atoms with E-state index in [2.05, 4.69) is 80.7 Å². The molecule has 9 rings (SSSR count). The van der Waals surface area contributed by atoms with Crippen molar-refractivity contribution < 1.29 is 19.1 Å². The van der Waals surface area contributed by atoms with Crippen molar-refractivity contribution in [2.24, 2.45) is 5.73 Å². The molecule has 5 N–H and O–H groups in total. The molecule has 56 heavy (non-hydrogen) atoms. The fourth-order valence-corrected chi connectivity index (χ4v) is 8.38. The number of aromatic nitrogens is 4. The van der Waals surface area contributed by atoms with E-state index >= 15 is 0 Å². The number of aromatic amines is 2. The summed E-state index contributed by atoms with van der Waals surface area (Å²) in [7, 11) is 1.28. The van der Waals surface area contributed by atoms with E-state index < -0.39 is 12.1 Å². The summed E-state index contributed by atoms with van der Waals surface area (Å²) in [4.78, 5) is 58.2. The highest BCUT2D eigenvalue weighted by Gasteiger charge is 2.35. The first-order valence-electron chi connectivity index (χ1n) is 19.1. The Kier molecular flexibility index (Phi) is 9.18. The zero-order valence-electron chi connectivity index (χ0n) is 31.0. The lowest BCUT2D eigenvalue weighted by Crippen LogP contribution is -2.40. The number of nitrogens with two attached hydrogens (primary N) is 1. The quantitative estimate of drug-likeness (QED) is 0.127. The molecular formula is C44H42N8O4. The van der Waals surface area contributed by atoms with Crippen LogP contribution in [0, 0.1) is 0 Å². The number of carbonyl (C=O) groups excluding carboxylic acids is 3. The van der Waals surface area contributed by atoms with E-state index in [0.717, 1.165) is 97.9 Å². The Labute approximate surface area is 323 Å². The standard InChI is InChI=1S/C44H42N8O4/c1-56-44(55)47-25-38(53)51-19-5-10-37(51)42-48-34-18-16-31-22-30(15-17-33(31)40(34)50-42)27-11-12-29-23-32(14-13-28(29)21-27)35-24-46-41(49-35)36-9-6-20-52(36)43(54)39(45)26-7-3-2-4-8-26/h2-4,7-8,11-18,21-24,36-37,39H,5-6,9-10,19-20,25,45H2,1H3,(H,46,49)(H,47,55)(H,48,50)/t36-,37-,39+/m0/s1. The van der Waals surface area contributed by atoms with Crippen LogP contribution in [0.1, 0.15) is 61.0 Å². The summed E-state index contributed by atoms with van der Waals surface area (Å²) < 4.78 is 4.61. The number of ether oxygens (including phenoxy) is 1. The second-order valence-electron chi connectivity index (χ2n) is 14.6. The van der Waals surface area contributed by atoms with E-state index in [1.165, 1.54) is 7.11 Å². The molecule has 0 bridgehead atoms. The van der Waals surface area contributed by atoms with Crippen molar-refractivity contribution in [3.05, 3.63) is 120 Å².